The second-order valence-corrected chi connectivity index (χ2v) is 4.14. The van der Waals surface area contributed by atoms with Crippen molar-refractivity contribution in [2.75, 3.05) is 26.3 Å². The average molecular weight is 185 g/mol. The van der Waals surface area contributed by atoms with Gasteiger partial charge in [-0.15, -0.1) is 0 Å². The Morgan fingerprint density at radius 2 is 2.00 bits per heavy atom. The minimum Gasteiger partial charge on any atom is -0.381 e. The summed E-state index contributed by atoms with van der Waals surface area (Å²) in [6.07, 6.45) is 5.19. The van der Waals surface area contributed by atoms with Gasteiger partial charge in [0.15, 0.2) is 0 Å². The van der Waals surface area contributed by atoms with E-state index in [1.165, 1.54) is 25.8 Å². The first kappa shape index (κ1) is 11.0. The molecule has 2 heteroatoms. The van der Waals surface area contributed by atoms with Gasteiger partial charge in [-0.05, 0) is 37.6 Å². The molecule has 0 aromatic rings. The monoisotopic (exact) mass is 185 g/mol. The fourth-order valence-corrected chi connectivity index (χ4v) is 1.62. The Hall–Kier alpha value is -0.0800. The highest BCUT2D eigenvalue weighted by atomic mass is 16.5. The summed E-state index contributed by atoms with van der Waals surface area (Å²) in [5.74, 6) is 0. The number of hydrogen-bond donors (Lipinski definition) is 1. The van der Waals surface area contributed by atoms with Crippen LogP contribution in [-0.2, 0) is 4.74 Å². The van der Waals surface area contributed by atoms with E-state index in [-0.39, 0.29) is 0 Å². The molecule has 0 heterocycles. The van der Waals surface area contributed by atoms with Crippen LogP contribution in [0.25, 0.3) is 0 Å². The van der Waals surface area contributed by atoms with Gasteiger partial charge in [-0.2, -0.15) is 0 Å². The van der Waals surface area contributed by atoms with Crippen LogP contribution in [0, 0.1) is 5.41 Å². The first-order valence-corrected chi connectivity index (χ1v) is 5.61. The van der Waals surface area contributed by atoms with Crippen molar-refractivity contribution in [2.45, 2.75) is 39.5 Å². The summed E-state index contributed by atoms with van der Waals surface area (Å²) < 4.78 is 5.51. The van der Waals surface area contributed by atoms with Crippen molar-refractivity contribution in [3.8, 4) is 0 Å². The van der Waals surface area contributed by atoms with Crippen LogP contribution in [0.5, 0.6) is 0 Å². The highest BCUT2D eigenvalue weighted by Crippen LogP contribution is 2.48. The Labute approximate surface area is 82.0 Å². The van der Waals surface area contributed by atoms with Crippen LogP contribution in [0.3, 0.4) is 0 Å². The van der Waals surface area contributed by atoms with Crippen molar-refractivity contribution in [1.29, 1.82) is 0 Å². The first-order valence-electron chi connectivity index (χ1n) is 5.61. The van der Waals surface area contributed by atoms with Crippen molar-refractivity contribution in [3.63, 3.8) is 0 Å². The second kappa shape index (κ2) is 5.61. The van der Waals surface area contributed by atoms with Gasteiger partial charge in [-0.25, -0.2) is 0 Å². The molecule has 1 N–H and O–H groups in total. The molecule has 0 bridgehead atoms. The smallest absolute Gasteiger partial charge is 0.0471 e. The summed E-state index contributed by atoms with van der Waals surface area (Å²) in [6.45, 7) is 8.50. The van der Waals surface area contributed by atoms with E-state index in [9.17, 15) is 0 Å². The van der Waals surface area contributed by atoms with E-state index in [0.29, 0.717) is 5.41 Å². The van der Waals surface area contributed by atoms with E-state index in [1.807, 2.05) is 0 Å². The van der Waals surface area contributed by atoms with Gasteiger partial charge in [0.05, 0.1) is 0 Å². The van der Waals surface area contributed by atoms with Crippen LogP contribution in [-0.4, -0.2) is 26.3 Å². The molecular formula is C11H23NO. The SMILES string of the molecule is CCCOCCC1(CNCC)CC1. The Kier molecular flexibility index (Phi) is 4.74. The number of rotatable bonds is 8. The van der Waals surface area contributed by atoms with Crippen molar-refractivity contribution in [3.05, 3.63) is 0 Å². The molecule has 0 unspecified atom stereocenters. The molecule has 1 rings (SSSR count). The van der Waals surface area contributed by atoms with E-state index in [1.54, 1.807) is 0 Å². The largest absolute Gasteiger partial charge is 0.381 e. The van der Waals surface area contributed by atoms with E-state index >= 15 is 0 Å². The number of nitrogens with one attached hydrogen (secondary N) is 1. The zero-order valence-corrected chi connectivity index (χ0v) is 9.07. The minimum atomic E-state index is 0.615. The van der Waals surface area contributed by atoms with E-state index in [4.69, 9.17) is 4.74 Å². The average Bonchev–Trinajstić information content (AvgIpc) is 2.91. The molecule has 0 saturated heterocycles. The van der Waals surface area contributed by atoms with E-state index < -0.39 is 0 Å². The molecule has 78 valence electrons. The fourth-order valence-electron chi connectivity index (χ4n) is 1.62. The standard InChI is InChI=1S/C11H23NO/c1-3-8-13-9-7-11(5-6-11)10-12-4-2/h12H,3-10H2,1-2H3. The van der Waals surface area contributed by atoms with Crippen LogP contribution in [0.1, 0.15) is 39.5 Å². The molecule has 0 amide bonds. The van der Waals surface area contributed by atoms with Crippen molar-refractivity contribution in [1.82, 2.24) is 5.32 Å². The lowest BCUT2D eigenvalue weighted by Gasteiger charge is -2.14. The van der Waals surface area contributed by atoms with Crippen LogP contribution in [0.15, 0.2) is 0 Å². The summed E-state index contributed by atoms with van der Waals surface area (Å²) in [7, 11) is 0. The molecule has 0 aromatic carbocycles. The predicted octanol–water partition coefficient (Wildman–Crippen LogP) is 2.19. The van der Waals surface area contributed by atoms with Crippen molar-refractivity contribution >= 4 is 0 Å². The zero-order chi connectivity index (χ0) is 9.57. The molecule has 0 atom stereocenters. The van der Waals surface area contributed by atoms with Gasteiger partial charge in [0, 0.05) is 19.8 Å². The molecule has 1 saturated carbocycles. The predicted molar refractivity (Wildman–Crippen MR) is 55.9 cm³/mol. The fraction of sp³-hybridized carbons (Fsp3) is 1.00. The molecule has 0 spiro atoms. The topological polar surface area (TPSA) is 21.3 Å². The molecule has 1 aliphatic carbocycles. The summed E-state index contributed by atoms with van der Waals surface area (Å²) in [6, 6.07) is 0. The second-order valence-electron chi connectivity index (χ2n) is 4.14. The summed E-state index contributed by atoms with van der Waals surface area (Å²) in [4.78, 5) is 0. The van der Waals surface area contributed by atoms with Crippen LogP contribution >= 0.6 is 0 Å². The van der Waals surface area contributed by atoms with E-state index in [2.05, 4.69) is 19.2 Å². The molecule has 1 fully saturated rings. The molecule has 0 aliphatic heterocycles. The minimum absolute atomic E-state index is 0.615. The maximum Gasteiger partial charge on any atom is 0.0471 e. The molecule has 1 aliphatic rings. The summed E-state index contributed by atoms with van der Waals surface area (Å²) >= 11 is 0. The molecule has 0 aromatic heterocycles. The lowest BCUT2D eigenvalue weighted by Crippen LogP contribution is -2.24. The Bertz CT molecular complexity index is 132. The zero-order valence-electron chi connectivity index (χ0n) is 9.07. The van der Waals surface area contributed by atoms with Gasteiger partial charge < -0.3 is 10.1 Å². The van der Waals surface area contributed by atoms with Gasteiger partial charge in [-0.1, -0.05) is 13.8 Å². The third kappa shape index (κ3) is 4.10. The summed E-state index contributed by atoms with van der Waals surface area (Å²) in [5, 5.41) is 3.44. The first-order chi connectivity index (χ1) is 6.33. The van der Waals surface area contributed by atoms with Crippen LogP contribution < -0.4 is 5.32 Å². The molecule has 0 radical (unpaired) electrons. The quantitative estimate of drug-likeness (QED) is 0.585. The van der Waals surface area contributed by atoms with Crippen LogP contribution in [0.4, 0.5) is 0 Å². The number of hydrogen-bond acceptors (Lipinski definition) is 2. The van der Waals surface area contributed by atoms with Gasteiger partial charge >= 0.3 is 0 Å². The highest BCUT2D eigenvalue weighted by Gasteiger charge is 2.41. The molecule has 2 nitrogen and oxygen atoms in total. The van der Waals surface area contributed by atoms with Gasteiger partial charge in [0.2, 0.25) is 0 Å². The maximum atomic E-state index is 5.51. The van der Waals surface area contributed by atoms with Gasteiger partial charge in [0.1, 0.15) is 0 Å². The van der Waals surface area contributed by atoms with Gasteiger partial charge in [-0.3, -0.25) is 0 Å². The van der Waals surface area contributed by atoms with E-state index in [0.717, 1.165) is 26.2 Å². The van der Waals surface area contributed by atoms with Crippen molar-refractivity contribution < 1.29 is 4.74 Å². The maximum absolute atomic E-state index is 5.51. The molecular weight excluding hydrogens is 162 g/mol. The third-order valence-electron chi connectivity index (χ3n) is 2.83. The normalized spacial score (nSPS) is 18.9. The number of ether oxygens (including phenoxy) is 1. The lowest BCUT2D eigenvalue weighted by atomic mass is 10.0. The Balaban J connectivity index is 1.99. The lowest BCUT2D eigenvalue weighted by molar-refractivity contribution is 0.117. The van der Waals surface area contributed by atoms with Crippen LogP contribution in [0.2, 0.25) is 0 Å². The Morgan fingerprint density at radius 1 is 1.23 bits per heavy atom. The summed E-state index contributed by atoms with van der Waals surface area (Å²) in [5.41, 5.74) is 0.615. The third-order valence-corrected chi connectivity index (χ3v) is 2.83. The van der Waals surface area contributed by atoms with Crippen molar-refractivity contribution in [2.24, 2.45) is 5.41 Å². The Morgan fingerprint density at radius 3 is 2.54 bits per heavy atom. The molecule has 13 heavy (non-hydrogen) atoms. The van der Waals surface area contributed by atoms with Gasteiger partial charge in [0.25, 0.3) is 0 Å². The highest BCUT2D eigenvalue weighted by molar-refractivity contribution is 4.94.